The number of amides is 1. The summed E-state index contributed by atoms with van der Waals surface area (Å²) in [6, 6.07) is 10.1. The molecular weight excluding hydrogens is 296 g/mol. The van der Waals surface area contributed by atoms with E-state index in [1.807, 2.05) is 18.2 Å². The molecule has 0 aromatic heterocycles. The molecule has 1 heterocycles. The van der Waals surface area contributed by atoms with Gasteiger partial charge >= 0.3 is 5.97 Å². The molecule has 0 unspecified atom stereocenters. The van der Waals surface area contributed by atoms with Crippen molar-refractivity contribution in [3.8, 4) is 5.75 Å². The molecule has 1 fully saturated rings. The average Bonchev–Trinajstić information content (AvgIpc) is 3.03. The molecule has 23 heavy (non-hydrogen) atoms. The standard InChI is InChI=1S/C17H18N2O4/c1-23-17(22)14-8-11(9-18-14)19-16(21)13-7-6-10-4-2-3-5-12(10)15(13)20/h2-7,11,14,18,20H,8-9H2,1H3,(H,19,21)/t11-,14-/m0/s1. The van der Waals surface area contributed by atoms with Crippen molar-refractivity contribution in [3.63, 3.8) is 0 Å². The maximum atomic E-state index is 12.4. The van der Waals surface area contributed by atoms with Gasteiger partial charge in [-0.1, -0.05) is 30.3 Å². The zero-order valence-corrected chi connectivity index (χ0v) is 12.7. The van der Waals surface area contributed by atoms with E-state index in [0.717, 1.165) is 5.39 Å². The quantitative estimate of drug-likeness (QED) is 0.741. The molecule has 3 rings (SSSR count). The van der Waals surface area contributed by atoms with Gasteiger partial charge in [0.1, 0.15) is 11.8 Å². The van der Waals surface area contributed by atoms with Crippen molar-refractivity contribution in [2.75, 3.05) is 13.7 Å². The summed E-state index contributed by atoms with van der Waals surface area (Å²) < 4.78 is 4.69. The molecule has 0 saturated carbocycles. The van der Waals surface area contributed by atoms with Crippen molar-refractivity contribution in [1.82, 2.24) is 10.6 Å². The van der Waals surface area contributed by atoms with E-state index < -0.39 is 6.04 Å². The van der Waals surface area contributed by atoms with Crippen molar-refractivity contribution in [2.24, 2.45) is 0 Å². The number of rotatable bonds is 3. The first-order valence-corrected chi connectivity index (χ1v) is 7.43. The van der Waals surface area contributed by atoms with Crippen molar-refractivity contribution in [2.45, 2.75) is 18.5 Å². The topological polar surface area (TPSA) is 87.7 Å². The number of benzene rings is 2. The van der Waals surface area contributed by atoms with Gasteiger partial charge in [-0.15, -0.1) is 0 Å². The van der Waals surface area contributed by atoms with Crippen molar-refractivity contribution < 1.29 is 19.4 Å². The number of carbonyl (C=O) groups is 2. The Kier molecular flexibility index (Phi) is 4.16. The van der Waals surface area contributed by atoms with E-state index in [2.05, 4.69) is 15.4 Å². The summed E-state index contributed by atoms with van der Waals surface area (Å²) in [5, 5.41) is 17.7. The zero-order valence-electron chi connectivity index (χ0n) is 12.7. The van der Waals surface area contributed by atoms with E-state index in [0.29, 0.717) is 18.4 Å². The summed E-state index contributed by atoms with van der Waals surface area (Å²) in [5.41, 5.74) is 0.227. The smallest absolute Gasteiger partial charge is 0.322 e. The van der Waals surface area contributed by atoms with Gasteiger partial charge in [0, 0.05) is 18.0 Å². The Morgan fingerprint density at radius 1 is 1.26 bits per heavy atom. The number of phenolic OH excluding ortho intramolecular Hbond substituents is 1. The van der Waals surface area contributed by atoms with E-state index in [-0.39, 0.29) is 29.2 Å². The molecular formula is C17H18N2O4. The lowest BCUT2D eigenvalue weighted by atomic mass is 10.0. The van der Waals surface area contributed by atoms with Crippen LogP contribution in [-0.4, -0.2) is 42.7 Å². The number of ether oxygens (including phenoxy) is 1. The molecule has 1 saturated heterocycles. The Morgan fingerprint density at radius 3 is 2.83 bits per heavy atom. The SMILES string of the molecule is COC(=O)[C@@H]1C[C@H](NC(=O)c2ccc3ccccc3c2O)CN1. The molecule has 6 heteroatoms. The second-order valence-electron chi connectivity index (χ2n) is 5.57. The van der Waals surface area contributed by atoms with Gasteiger partial charge in [-0.25, -0.2) is 0 Å². The molecule has 0 bridgehead atoms. The van der Waals surface area contributed by atoms with Crippen LogP contribution in [0.15, 0.2) is 36.4 Å². The van der Waals surface area contributed by atoms with Crippen molar-refractivity contribution in [3.05, 3.63) is 42.0 Å². The van der Waals surface area contributed by atoms with Gasteiger partial charge in [0.2, 0.25) is 0 Å². The minimum atomic E-state index is -0.407. The van der Waals surface area contributed by atoms with E-state index in [1.165, 1.54) is 7.11 Å². The third kappa shape index (κ3) is 2.98. The largest absolute Gasteiger partial charge is 0.506 e. The molecule has 3 N–H and O–H groups in total. The summed E-state index contributed by atoms with van der Waals surface area (Å²) >= 11 is 0. The van der Waals surface area contributed by atoms with Crippen LogP contribution in [0.4, 0.5) is 0 Å². The molecule has 1 aliphatic heterocycles. The fourth-order valence-electron chi connectivity index (χ4n) is 2.87. The highest BCUT2D eigenvalue weighted by Gasteiger charge is 2.31. The van der Waals surface area contributed by atoms with Crippen LogP contribution in [0.2, 0.25) is 0 Å². The summed E-state index contributed by atoms with van der Waals surface area (Å²) in [7, 11) is 1.34. The molecule has 2 atom stereocenters. The first-order chi connectivity index (χ1) is 11.1. The number of esters is 1. The maximum Gasteiger partial charge on any atom is 0.322 e. The third-order valence-corrected chi connectivity index (χ3v) is 4.10. The Balaban J connectivity index is 1.74. The fourth-order valence-corrected chi connectivity index (χ4v) is 2.87. The van der Waals surface area contributed by atoms with Crippen LogP contribution < -0.4 is 10.6 Å². The fraction of sp³-hybridized carbons (Fsp3) is 0.294. The second kappa shape index (κ2) is 6.26. The number of phenols is 1. The normalized spacial score (nSPS) is 20.4. The summed E-state index contributed by atoms with van der Waals surface area (Å²) in [5.74, 6) is -0.725. The number of hydrogen-bond acceptors (Lipinski definition) is 5. The first kappa shape index (κ1) is 15.3. The Morgan fingerprint density at radius 2 is 2.04 bits per heavy atom. The second-order valence-corrected chi connectivity index (χ2v) is 5.57. The number of fused-ring (bicyclic) bond motifs is 1. The predicted molar refractivity (Wildman–Crippen MR) is 85.3 cm³/mol. The van der Waals surface area contributed by atoms with Gasteiger partial charge in [0.05, 0.1) is 12.7 Å². The van der Waals surface area contributed by atoms with Crippen LogP contribution >= 0.6 is 0 Å². The van der Waals surface area contributed by atoms with E-state index in [1.54, 1.807) is 18.2 Å². The molecule has 1 amide bonds. The Labute approximate surface area is 133 Å². The van der Waals surface area contributed by atoms with Crippen LogP contribution in [0.5, 0.6) is 5.75 Å². The lowest BCUT2D eigenvalue weighted by Gasteiger charge is -2.13. The maximum absolute atomic E-state index is 12.4. The minimum Gasteiger partial charge on any atom is -0.506 e. The third-order valence-electron chi connectivity index (χ3n) is 4.10. The molecule has 0 radical (unpaired) electrons. The van der Waals surface area contributed by atoms with Gasteiger partial charge in [-0.2, -0.15) is 0 Å². The summed E-state index contributed by atoms with van der Waals surface area (Å²) in [6.07, 6.45) is 0.465. The minimum absolute atomic E-state index is 0.0314. The molecule has 1 aliphatic rings. The molecule has 2 aromatic rings. The van der Waals surface area contributed by atoms with Crippen molar-refractivity contribution >= 4 is 22.6 Å². The summed E-state index contributed by atoms with van der Waals surface area (Å²) in [6.45, 7) is 0.486. The highest BCUT2D eigenvalue weighted by atomic mass is 16.5. The number of hydrogen-bond donors (Lipinski definition) is 3. The summed E-state index contributed by atoms with van der Waals surface area (Å²) in [4.78, 5) is 23.9. The molecule has 0 spiro atoms. The van der Waals surface area contributed by atoms with Crippen LogP contribution in [-0.2, 0) is 9.53 Å². The lowest BCUT2D eigenvalue weighted by molar-refractivity contribution is -0.142. The average molecular weight is 314 g/mol. The van der Waals surface area contributed by atoms with Gasteiger partial charge in [-0.05, 0) is 17.9 Å². The van der Waals surface area contributed by atoms with Crippen LogP contribution in [0, 0.1) is 0 Å². The molecule has 120 valence electrons. The van der Waals surface area contributed by atoms with E-state index in [4.69, 9.17) is 0 Å². The van der Waals surface area contributed by atoms with Gasteiger partial charge < -0.3 is 20.5 Å². The number of nitrogens with one attached hydrogen (secondary N) is 2. The molecule has 2 aromatic carbocycles. The highest BCUT2D eigenvalue weighted by Crippen LogP contribution is 2.28. The van der Waals surface area contributed by atoms with Gasteiger partial charge in [0.15, 0.2) is 0 Å². The number of aromatic hydroxyl groups is 1. The molecule has 0 aliphatic carbocycles. The van der Waals surface area contributed by atoms with E-state index in [9.17, 15) is 14.7 Å². The number of carbonyl (C=O) groups excluding carboxylic acids is 2. The monoisotopic (exact) mass is 314 g/mol. The molecule has 6 nitrogen and oxygen atoms in total. The highest BCUT2D eigenvalue weighted by molar-refractivity contribution is 6.03. The van der Waals surface area contributed by atoms with Crippen LogP contribution in [0.3, 0.4) is 0 Å². The van der Waals surface area contributed by atoms with Crippen LogP contribution in [0.1, 0.15) is 16.8 Å². The lowest BCUT2D eigenvalue weighted by Crippen LogP contribution is -2.36. The van der Waals surface area contributed by atoms with Gasteiger partial charge in [-0.3, -0.25) is 9.59 Å². The zero-order chi connectivity index (χ0) is 16.4. The number of methoxy groups -OCH3 is 1. The first-order valence-electron chi connectivity index (χ1n) is 7.43. The predicted octanol–water partition coefficient (Wildman–Crippen LogP) is 1.18. The Hall–Kier alpha value is -2.60. The van der Waals surface area contributed by atoms with Crippen LogP contribution in [0.25, 0.3) is 10.8 Å². The van der Waals surface area contributed by atoms with Crippen molar-refractivity contribution in [1.29, 1.82) is 0 Å². The Bertz CT molecular complexity index is 759. The van der Waals surface area contributed by atoms with E-state index >= 15 is 0 Å². The van der Waals surface area contributed by atoms with Gasteiger partial charge in [0.25, 0.3) is 5.91 Å².